The Hall–Kier alpha value is -0.790. The molecule has 0 amide bonds. The maximum Gasteiger partial charge on any atom is 0.0377 e. The molecule has 0 fully saturated rings. The topological polar surface area (TPSA) is 12.0 Å². The average molecular weight is 422 g/mol. The molecule has 1 nitrogen and oxygen atoms in total. The maximum atomic E-state index is 3.72. The van der Waals surface area contributed by atoms with Crippen LogP contribution in [0.25, 0.3) is 0 Å². The fraction of sp³-hybridized carbons (Fsp3) is 0.704. The predicted molar refractivity (Wildman–Crippen MR) is 134 cm³/mol. The van der Waals surface area contributed by atoms with E-state index in [1.807, 2.05) is 0 Å². The van der Waals surface area contributed by atoms with E-state index in [4.69, 9.17) is 0 Å². The molecule has 0 atom stereocenters. The van der Waals surface area contributed by atoms with E-state index in [1.165, 1.54) is 95.5 Å². The zero-order valence-corrected chi connectivity index (χ0v) is 20.4. The van der Waals surface area contributed by atoms with Gasteiger partial charge in [-0.15, -0.1) is 12.4 Å². The van der Waals surface area contributed by atoms with Crippen molar-refractivity contribution in [1.29, 1.82) is 0 Å². The molecule has 1 aromatic carbocycles. The highest BCUT2D eigenvalue weighted by Crippen LogP contribution is 2.19. The summed E-state index contributed by atoms with van der Waals surface area (Å²) in [6.07, 6.45) is 24.0. The molecule has 0 heterocycles. The van der Waals surface area contributed by atoms with Gasteiger partial charge in [0, 0.05) is 5.54 Å². The van der Waals surface area contributed by atoms with Crippen molar-refractivity contribution in [2.24, 2.45) is 0 Å². The minimum absolute atomic E-state index is 0. The summed E-state index contributed by atoms with van der Waals surface area (Å²) in [6, 6.07) is 10.8. The van der Waals surface area contributed by atoms with Crippen LogP contribution in [0, 0.1) is 0 Å². The van der Waals surface area contributed by atoms with Gasteiger partial charge in [-0.3, -0.25) is 0 Å². The Balaban J connectivity index is 0.00000784. The third-order valence-corrected chi connectivity index (χ3v) is 5.75. The minimum Gasteiger partial charge on any atom is -0.308 e. The van der Waals surface area contributed by atoms with Crippen LogP contribution in [0.2, 0.25) is 0 Å². The summed E-state index contributed by atoms with van der Waals surface area (Å²) in [7, 11) is 0. The second-order valence-corrected chi connectivity index (χ2v) is 8.86. The lowest BCUT2D eigenvalue weighted by Crippen LogP contribution is -2.37. The molecule has 0 spiro atoms. The number of rotatable bonds is 18. The van der Waals surface area contributed by atoms with E-state index in [2.05, 4.69) is 68.6 Å². The van der Waals surface area contributed by atoms with Gasteiger partial charge in [0.15, 0.2) is 0 Å². The number of unbranched alkanes of at least 4 members (excludes halogenated alkanes) is 12. The summed E-state index contributed by atoms with van der Waals surface area (Å²) in [5, 5.41) is 3.72. The Morgan fingerprint density at radius 2 is 1.17 bits per heavy atom. The first kappa shape index (κ1) is 28.2. The van der Waals surface area contributed by atoms with Crippen LogP contribution in [0.1, 0.15) is 116 Å². The van der Waals surface area contributed by atoms with Gasteiger partial charge in [-0.05, 0) is 58.1 Å². The lowest BCUT2D eigenvalue weighted by Gasteiger charge is -2.27. The summed E-state index contributed by atoms with van der Waals surface area (Å²) in [5.41, 5.74) is 1.45. The molecule has 0 saturated carbocycles. The Kier molecular flexibility index (Phi) is 18.7. The van der Waals surface area contributed by atoms with Crippen molar-refractivity contribution in [3.05, 3.63) is 48.0 Å². The van der Waals surface area contributed by atoms with Gasteiger partial charge in [-0.1, -0.05) is 107 Å². The van der Waals surface area contributed by atoms with Crippen molar-refractivity contribution >= 4 is 12.4 Å². The van der Waals surface area contributed by atoms with E-state index in [0.29, 0.717) is 0 Å². The van der Waals surface area contributed by atoms with E-state index in [-0.39, 0.29) is 17.9 Å². The molecule has 1 N–H and O–H groups in total. The number of halogens is 1. The summed E-state index contributed by atoms with van der Waals surface area (Å²) >= 11 is 0. The molecule has 1 rings (SSSR count). The molecule has 0 radical (unpaired) electrons. The van der Waals surface area contributed by atoms with Crippen molar-refractivity contribution in [3.63, 3.8) is 0 Å². The van der Waals surface area contributed by atoms with Gasteiger partial charge in [0.25, 0.3) is 0 Å². The lowest BCUT2D eigenvalue weighted by molar-refractivity contribution is 0.394. The Morgan fingerprint density at radius 3 is 1.72 bits per heavy atom. The normalized spacial score (nSPS) is 11.7. The molecule has 168 valence electrons. The van der Waals surface area contributed by atoms with Gasteiger partial charge in [0.2, 0.25) is 0 Å². The summed E-state index contributed by atoms with van der Waals surface area (Å²) in [5.74, 6) is 0. The van der Waals surface area contributed by atoms with Crippen molar-refractivity contribution in [3.8, 4) is 0 Å². The van der Waals surface area contributed by atoms with Crippen LogP contribution in [0.3, 0.4) is 0 Å². The van der Waals surface area contributed by atoms with Crippen molar-refractivity contribution in [2.45, 2.75) is 116 Å². The van der Waals surface area contributed by atoms with Crippen molar-refractivity contribution in [2.75, 3.05) is 6.54 Å². The second-order valence-electron chi connectivity index (χ2n) is 8.86. The first-order chi connectivity index (χ1) is 13.7. The van der Waals surface area contributed by atoms with E-state index >= 15 is 0 Å². The van der Waals surface area contributed by atoms with Gasteiger partial charge in [0.05, 0.1) is 0 Å². The molecule has 0 bridgehead atoms. The van der Waals surface area contributed by atoms with E-state index in [9.17, 15) is 0 Å². The van der Waals surface area contributed by atoms with Gasteiger partial charge in [-0.2, -0.15) is 0 Å². The SMILES string of the molecule is CCCCCCCC/C=C\CCCCCCCCNC(C)(C)c1ccccc1.Cl. The van der Waals surface area contributed by atoms with Gasteiger partial charge < -0.3 is 5.32 Å². The first-order valence-corrected chi connectivity index (χ1v) is 12.1. The number of hydrogen-bond acceptors (Lipinski definition) is 1. The number of benzene rings is 1. The number of allylic oxidation sites excluding steroid dienone is 2. The fourth-order valence-electron chi connectivity index (χ4n) is 3.73. The number of hydrogen-bond donors (Lipinski definition) is 1. The average Bonchev–Trinajstić information content (AvgIpc) is 2.71. The van der Waals surface area contributed by atoms with Gasteiger partial charge in [-0.25, -0.2) is 0 Å². The largest absolute Gasteiger partial charge is 0.308 e. The van der Waals surface area contributed by atoms with Crippen LogP contribution in [0.15, 0.2) is 42.5 Å². The molecule has 0 aliphatic heterocycles. The second kappa shape index (κ2) is 19.2. The molecule has 0 unspecified atom stereocenters. The first-order valence-electron chi connectivity index (χ1n) is 12.1. The fourth-order valence-corrected chi connectivity index (χ4v) is 3.73. The maximum absolute atomic E-state index is 3.72. The molecule has 0 aliphatic rings. The molecular formula is C27H48ClN. The highest BCUT2D eigenvalue weighted by molar-refractivity contribution is 5.85. The molecule has 1 aromatic rings. The lowest BCUT2D eigenvalue weighted by atomic mass is 9.94. The van der Waals surface area contributed by atoms with Crippen LogP contribution in [0.4, 0.5) is 0 Å². The molecule has 0 aliphatic carbocycles. The van der Waals surface area contributed by atoms with E-state index in [1.54, 1.807) is 0 Å². The van der Waals surface area contributed by atoms with Crippen LogP contribution in [-0.2, 0) is 5.54 Å². The molecule has 29 heavy (non-hydrogen) atoms. The Bertz CT molecular complexity index is 481. The summed E-state index contributed by atoms with van der Waals surface area (Å²) < 4.78 is 0. The zero-order valence-electron chi connectivity index (χ0n) is 19.6. The molecule has 0 saturated heterocycles. The van der Waals surface area contributed by atoms with E-state index in [0.717, 1.165) is 6.54 Å². The predicted octanol–water partition coefficient (Wildman–Crippen LogP) is 8.97. The molecule has 2 heteroatoms. The zero-order chi connectivity index (χ0) is 20.3. The molecular weight excluding hydrogens is 374 g/mol. The van der Waals surface area contributed by atoms with Crippen LogP contribution >= 0.6 is 12.4 Å². The minimum atomic E-state index is 0. The smallest absolute Gasteiger partial charge is 0.0377 e. The standard InChI is InChI=1S/C27H47N.ClH/c1-4-5-6-7-8-9-10-11-12-13-14-15-16-17-18-22-25-28-27(2,3)26-23-20-19-21-24-26;/h11-12,19-21,23-24,28H,4-10,13-18,22,25H2,1-3H3;1H/b12-11-;. The Labute approximate surface area is 188 Å². The van der Waals surface area contributed by atoms with Gasteiger partial charge >= 0.3 is 0 Å². The molecule has 0 aromatic heterocycles. The quantitative estimate of drug-likeness (QED) is 0.184. The monoisotopic (exact) mass is 421 g/mol. The highest BCUT2D eigenvalue weighted by atomic mass is 35.5. The van der Waals surface area contributed by atoms with Gasteiger partial charge in [0.1, 0.15) is 0 Å². The third kappa shape index (κ3) is 15.7. The van der Waals surface area contributed by atoms with E-state index < -0.39 is 0 Å². The highest BCUT2D eigenvalue weighted by Gasteiger charge is 2.18. The van der Waals surface area contributed by atoms with Crippen LogP contribution in [-0.4, -0.2) is 6.54 Å². The van der Waals surface area contributed by atoms with Crippen LogP contribution in [0.5, 0.6) is 0 Å². The number of nitrogens with one attached hydrogen (secondary N) is 1. The van der Waals surface area contributed by atoms with Crippen molar-refractivity contribution in [1.82, 2.24) is 5.32 Å². The Morgan fingerprint density at radius 1 is 0.690 bits per heavy atom. The van der Waals surface area contributed by atoms with Crippen molar-refractivity contribution < 1.29 is 0 Å². The third-order valence-electron chi connectivity index (χ3n) is 5.75. The van der Waals surface area contributed by atoms with Crippen LogP contribution < -0.4 is 5.32 Å². The summed E-state index contributed by atoms with van der Waals surface area (Å²) in [6.45, 7) is 7.96. The summed E-state index contributed by atoms with van der Waals surface area (Å²) in [4.78, 5) is 0.